The fourth-order valence-electron chi connectivity index (χ4n) is 2.35. The number of piperidine rings is 1. The van der Waals surface area contributed by atoms with Gasteiger partial charge in [-0.3, -0.25) is 4.79 Å². The molecule has 0 spiro atoms. The molecule has 0 radical (unpaired) electrons. The molecule has 0 bridgehead atoms. The summed E-state index contributed by atoms with van der Waals surface area (Å²) in [5, 5.41) is 11.8. The lowest BCUT2D eigenvalue weighted by Gasteiger charge is -2.34. The summed E-state index contributed by atoms with van der Waals surface area (Å²) in [6.07, 6.45) is 1.07. The van der Waals surface area contributed by atoms with E-state index in [0.29, 0.717) is 25.9 Å². The molecule has 1 heterocycles. The van der Waals surface area contributed by atoms with Gasteiger partial charge in [0.1, 0.15) is 6.04 Å². The van der Waals surface area contributed by atoms with E-state index in [1.165, 1.54) is 7.11 Å². The maximum absolute atomic E-state index is 12.1. The van der Waals surface area contributed by atoms with Crippen LogP contribution in [-0.2, 0) is 14.3 Å². The number of carboxylic acid groups (broad SMARTS) is 1. The topological polar surface area (TPSA) is 95.9 Å². The molecule has 0 aliphatic carbocycles. The van der Waals surface area contributed by atoms with Gasteiger partial charge in [0.15, 0.2) is 0 Å². The lowest BCUT2D eigenvalue weighted by atomic mass is 9.87. The highest BCUT2D eigenvalue weighted by Crippen LogP contribution is 2.21. The van der Waals surface area contributed by atoms with Crippen molar-refractivity contribution in [2.75, 3.05) is 20.2 Å². The van der Waals surface area contributed by atoms with E-state index in [4.69, 9.17) is 4.74 Å². The lowest BCUT2D eigenvalue weighted by Crippen LogP contribution is -2.54. The van der Waals surface area contributed by atoms with Gasteiger partial charge < -0.3 is 20.1 Å². The molecule has 7 heteroatoms. The first kappa shape index (κ1) is 17.3. The van der Waals surface area contributed by atoms with Gasteiger partial charge >= 0.3 is 18.0 Å². The Morgan fingerprint density at radius 2 is 1.76 bits per heavy atom. The third-order valence-electron chi connectivity index (χ3n) is 3.70. The van der Waals surface area contributed by atoms with Crippen LogP contribution in [0.25, 0.3) is 0 Å². The van der Waals surface area contributed by atoms with Crippen molar-refractivity contribution < 1.29 is 24.2 Å². The minimum atomic E-state index is -1.06. The van der Waals surface area contributed by atoms with Crippen LogP contribution in [0.3, 0.4) is 0 Å². The number of carboxylic acids is 1. The zero-order chi connectivity index (χ0) is 16.2. The summed E-state index contributed by atoms with van der Waals surface area (Å²) in [4.78, 5) is 36.4. The fraction of sp³-hybridized carbons (Fsp3) is 0.786. The van der Waals surface area contributed by atoms with E-state index in [1.54, 1.807) is 25.7 Å². The van der Waals surface area contributed by atoms with Gasteiger partial charge in [0.2, 0.25) is 0 Å². The largest absolute Gasteiger partial charge is 0.480 e. The van der Waals surface area contributed by atoms with Crippen LogP contribution in [0, 0.1) is 11.3 Å². The van der Waals surface area contributed by atoms with Crippen molar-refractivity contribution in [3.05, 3.63) is 0 Å². The number of hydrogen-bond donors (Lipinski definition) is 2. The predicted molar refractivity (Wildman–Crippen MR) is 75.7 cm³/mol. The van der Waals surface area contributed by atoms with Crippen LogP contribution in [0.4, 0.5) is 4.79 Å². The van der Waals surface area contributed by atoms with Crippen molar-refractivity contribution in [3.8, 4) is 0 Å². The maximum Gasteiger partial charge on any atom is 0.326 e. The van der Waals surface area contributed by atoms with Gasteiger partial charge in [-0.05, 0) is 18.3 Å². The Morgan fingerprint density at radius 1 is 1.24 bits per heavy atom. The van der Waals surface area contributed by atoms with Crippen LogP contribution in [0.5, 0.6) is 0 Å². The van der Waals surface area contributed by atoms with Gasteiger partial charge in [0, 0.05) is 13.1 Å². The van der Waals surface area contributed by atoms with Crippen LogP contribution < -0.4 is 5.32 Å². The number of esters is 1. The summed E-state index contributed by atoms with van der Waals surface area (Å²) < 4.78 is 4.69. The highest BCUT2D eigenvalue weighted by Gasteiger charge is 2.35. The molecule has 1 aliphatic rings. The molecular weight excluding hydrogens is 276 g/mol. The minimum absolute atomic E-state index is 0.183. The number of nitrogens with one attached hydrogen (secondary N) is 1. The Kier molecular flexibility index (Phi) is 5.57. The molecule has 1 atom stereocenters. The molecule has 0 aromatic heterocycles. The van der Waals surface area contributed by atoms with Crippen molar-refractivity contribution in [3.63, 3.8) is 0 Å². The van der Waals surface area contributed by atoms with Gasteiger partial charge in [0.25, 0.3) is 0 Å². The Bertz CT molecular complexity index is 408. The smallest absolute Gasteiger partial charge is 0.326 e. The highest BCUT2D eigenvalue weighted by atomic mass is 16.5. The number of rotatable bonds is 3. The Hall–Kier alpha value is -1.79. The van der Waals surface area contributed by atoms with Crippen molar-refractivity contribution in [1.29, 1.82) is 0 Å². The molecule has 120 valence electrons. The SMILES string of the molecule is COC(=O)C1CCN(C(=O)NC(C(=O)O)C(C)(C)C)CC1. The molecule has 0 aromatic rings. The third-order valence-corrected chi connectivity index (χ3v) is 3.70. The van der Waals surface area contributed by atoms with Crippen molar-refractivity contribution in [1.82, 2.24) is 10.2 Å². The number of methoxy groups -OCH3 is 1. The molecule has 0 saturated carbocycles. The molecule has 7 nitrogen and oxygen atoms in total. The van der Waals surface area contributed by atoms with Crippen molar-refractivity contribution in [2.45, 2.75) is 39.7 Å². The summed E-state index contributed by atoms with van der Waals surface area (Å²) in [5.74, 6) is -1.50. The summed E-state index contributed by atoms with van der Waals surface area (Å²) in [5.41, 5.74) is -0.578. The van der Waals surface area contributed by atoms with Crippen LogP contribution in [0.15, 0.2) is 0 Å². The molecule has 1 aliphatic heterocycles. The monoisotopic (exact) mass is 300 g/mol. The van der Waals surface area contributed by atoms with E-state index in [0.717, 1.165) is 0 Å². The zero-order valence-electron chi connectivity index (χ0n) is 13.0. The molecule has 2 N–H and O–H groups in total. The molecule has 1 unspecified atom stereocenters. The number of urea groups is 1. The number of carbonyl (C=O) groups is 3. The van der Waals surface area contributed by atoms with Crippen LogP contribution in [0.1, 0.15) is 33.6 Å². The molecule has 1 rings (SSSR count). The second-order valence-corrected chi connectivity index (χ2v) is 6.37. The fourth-order valence-corrected chi connectivity index (χ4v) is 2.35. The van der Waals surface area contributed by atoms with Crippen molar-refractivity contribution >= 4 is 18.0 Å². The van der Waals surface area contributed by atoms with E-state index < -0.39 is 23.5 Å². The molecule has 21 heavy (non-hydrogen) atoms. The number of aliphatic carboxylic acids is 1. The van der Waals surface area contributed by atoms with E-state index in [9.17, 15) is 19.5 Å². The van der Waals surface area contributed by atoms with Crippen LogP contribution >= 0.6 is 0 Å². The second-order valence-electron chi connectivity index (χ2n) is 6.37. The van der Waals surface area contributed by atoms with E-state index >= 15 is 0 Å². The number of carbonyl (C=O) groups excluding carboxylic acids is 2. The van der Waals surface area contributed by atoms with Gasteiger partial charge in [-0.25, -0.2) is 9.59 Å². The summed E-state index contributed by atoms with van der Waals surface area (Å²) in [6.45, 7) is 6.12. The lowest BCUT2D eigenvalue weighted by molar-refractivity contribution is -0.146. The van der Waals surface area contributed by atoms with Crippen molar-refractivity contribution in [2.24, 2.45) is 11.3 Å². The number of ether oxygens (including phenoxy) is 1. The van der Waals surface area contributed by atoms with Gasteiger partial charge in [-0.2, -0.15) is 0 Å². The van der Waals surface area contributed by atoms with Crippen LogP contribution in [0.2, 0.25) is 0 Å². The van der Waals surface area contributed by atoms with Gasteiger partial charge in [-0.1, -0.05) is 20.8 Å². The Balaban J connectivity index is 2.58. The van der Waals surface area contributed by atoms with E-state index in [2.05, 4.69) is 5.32 Å². The van der Waals surface area contributed by atoms with Gasteiger partial charge in [0.05, 0.1) is 13.0 Å². The first-order chi connectivity index (χ1) is 9.66. The van der Waals surface area contributed by atoms with E-state index in [1.807, 2.05) is 0 Å². The zero-order valence-corrected chi connectivity index (χ0v) is 13.0. The number of nitrogens with zero attached hydrogens (tertiary/aromatic N) is 1. The molecular formula is C14H24N2O5. The summed E-state index contributed by atoms with van der Waals surface area (Å²) in [7, 11) is 1.35. The quantitative estimate of drug-likeness (QED) is 0.760. The first-order valence-corrected chi connectivity index (χ1v) is 7.03. The van der Waals surface area contributed by atoms with Gasteiger partial charge in [-0.15, -0.1) is 0 Å². The standard InChI is InChI=1S/C14H24N2O5/c1-14(2,3)10(11(17)18)15-13(20)16-7-5-9(6-8-16)12(19)21-4/h9-10H,5-8H2,1-4H3,(H,15,20)(H,17,18). The molecule has 1 fully saturated rings. The first-order valence-electron chi connectivity index (χ1n) is 7.03. The summed E-state index contributed by atoms with van der Waals surface area (Å²) >= 11 is 0. The average Bonchev–Trinajstić information content (AvgIpc) is 2.42. The Labute approximate surface area is 124 Å². The molecule has 1 saturated heterocycles. The minimum Gasteiger partial charge on any atom is -0.480 e. The summed E-state index contributed by atoms with van der Waals surface area (Å²) in [6, 6.07) is -1.36. The maximum atomic E-state index is 12.1. The predicted octanol–water partition coefficient (Wildman–Crippen LogP) is 1.08. The van der Waals surface area contributed by atoms with Crippen LogP contribution in [-0.4, -0.2) is 54.2 Å². The normalized spacial score (nSPS) is 18.0. The molecule has 0 aromatic carbocycles. The average molecular weight is 300 g/mol. The third kappa shape index (κ3) is 4.61. The number of likely N-dealkylation sites (tertiary alicyclic amines) is 1. The van der Waals surface area contributed by atoms with E-state index in [-0.39, 0.29) is 11.9 Å². The second kappa shape index (κ2) is 6.78. The molecule has 2 amide bonds. The number of amides is 2. The Morgan fingerprint density at radius 3 is 2.14 bits per heavy atom. The highest BCUT2D eigenvalue weighted by molar-refractivity contribution is 5.83. The number of hydrogen-bond acceptors (Lipinski definition) is 4.